The van der Waals surface area contributed by atoms with Crippen LogP contribution in [0.3, 0.4) is 0 Å². The van der Waals surface area contributed by atoms with Crippen LogP contribution in [0.25, 0.3) is 0 Å². The van der Waals surface area contributed by atoms with Gasteiger partial charge in [-0.25, -0.2) is 0 Å². The molecule has 1 saturated carbocycles. The number of rotatable bonds is 2. The monoisotopic (exact) mass is 239 g/mol. The molecule has 1 amide bonds. The summed E-state index contributed by atoms with van der Waals surface area (Å²) in [5.74, 6) is 0.963. The minimum atomic E-state index is -0.227. The minimum Gasteiger partial charge on any atom is -0.339 e. The second-order valence-electron chi connectivity index (χ2n) is 6.08. The quantitative estimate of drug-likeness (QED) is 0.764. The smallest absolute Gasteiger partial charge is 0.230 e. The van der Waals surface area contributed by atoms with Crippen LogP contribution in [0.1, 0.15) is 26.7 Å². The molecule has 1 aliphatic heterocycles. The maximum Gasteiger partial charge on any atom is 0.230 e. The largest absolute Gasteiger partial charge is 0.339 e. The summed E-state index contributed by atoms with van der Waals surface area (Å²) in [5, 5.41) is 0. The molecule has 2 fully saturated rings. The molecule has 1 heterocycles. The molecule has 4 heteroatoms. The van der Waals surface area contributed by atoms with Gasteiger partial charge in [-0.1, -0.05) is 6.92 Å². The third-order valence-electron chi connectivity index (χ3n) is 4.57. The van der Waals surface area contributed by atoms with E-state index in [0.29, 0.717) is 24.4 Å². The topological polar surface area (TPSA) is 49.6 Å². The highest BCUT2D eigenvalue weighted by atomic mass is 16.2. The Hall–Kier alpha value is -0.610. The van der Waals surface area contributed by atoms with Crippen molar-refractivity contribution in [3.05, 3.63) is 0 Å². The van der Waals surface area contributed by atoms with Crippen molar-refractivity contribution in [1.29, 1.82) is 0 Å². The normalized spacial score (nSPS) is 38.9. The van der Waals surface area contributed by atoms with Crippen molar-refractivity contribution in [2.75, 3.05) is 33.2 Å². The Morgan fingerprint density at radius 2 is 2.00 bits per heavy atom. The van der Waals surface area contributed by atoms with Crippen molar-refractivity contribution in [2.45, 2.75) is 32.7 Å². The maximum atomic E-state index is 12.6. The van der Waals surface area contributed by atoms with Gasteiger partial charge in [0.15, 0.2) is 0 Å². The molecule has 0 aromatic carbocycles. The number of likely N-dealkylation sites (N-methyl/N-ethyl adjacent to an activating group) is 1. The number of hydrogen-bond donors (Lipinski definition) is 1. The van der Waals surface area contributed by atoms with Gasteiger partial charge >= 0.3 is 0 Å². The van der Waals surface area contributed by atoms with Crippen LogP contribution in [0, 0.1) is 11.3 Å². The molecule has 1 atom stereocenters. The lowest BCUT2D eigenvalue weighted by molar-refractivity contribution is -0.152. The van der Waals surface area contributed by atoms with Gasteiger partial charge in [0.25, 0.3) is 0 Å². The predicted octanol–water partition coefficient (Wildman–Crippen LogP) is 0.524. The van der Waals surface area contributed by atoms with Crippen molar-refractivity contribution in [1.82, 2.24) is 9.80 Å². The van der Waals surface area contributed by atoms with E-state index in [1.54, 1.807) is 0 Å². The highest BCUT2D eigenvalue weighted by Crippen LogP contribution is 2.46. The first-order valence-corrected chi connectivity index (χ1v) is 6.68. The molecule has 2 aliphatic rings. The molecule has 98 valence electrons. The van der Waals surface area contributed by atoms with E-state index in [9.17, 15) is 4.79 Å². The first kappa shape index (κ1) is 12.8. The Balaban J connectivity index is 2.00. The lowest BCUT2D eigenvalue weighted by Crippen LogP contribution is -2.60. The number of carbonyl (C=O) groups is 1. The number of nitrogens with two attached hydrogens (primary N) is 1. The second-order valence-corrected chi connectivity index (χ2v) is 6.08. The van der Waals surface area contributed by atoms with E-state index in [1.807, 2.05) is 4.90 Å². The summed E-state index contributed by atoms with van der Waals surface area (Å²) in [5.41, 5.74) is 5.62. The van der Waals surface area contributed by atoms with Gasteiger partial charge < -0.3 is 15.5 Å². The van der Waals surface area contributed by atoms with Crippen molar-refractivity contribution in [2.24, 2.45) is 17.1 Å². The van der Waals surface area contributed by atoms with Gasteiger partial charge in [0, 0.05) is 32.2 Å². The molecule has 2 N–H and O–H groups in total. The summed E-state index contributed by atoms with van der Waals surface area (Å²) < 4.78 is 0. The van der Waals surface area contributed by atoms with E-state index < -0.39 is 0 Å². The summed E-state index contributed by atoms with van der Waals surface area (Å²) in [6.07, 6.45) is 1.95. The average Bonchev–Trinajstić information content (AvgIpc) is 2.27. The maximum absolute atomic E-state index is 12.6. The van der Waals surface area contributed by atoms with Gasteiger partial charge in [0.1, 0.15) is 0 Å². The summed E-state index contributed by atoms with van der Waals surface area (Å²) >= 11 is 0. The molecule has 0 spiro atoms. The van der Waals surface area contributed by atoms with Crippen LogP contribution < -0.4 is 5.73 Å². The number of piperazine rings is 1. The second kappa shape index (κ2) is 4.58. The highest BCUT2D eigenvalue weighted by Gasteiger charge is 2.49. The van der Waals surface area contributed by atoms with E-state index in [2.05, 4.69) is 25.8 Å². The molecule has 2 rings (SSSR count). The SMILES string of the molecule is CC1CC(CN)(C(=O)N2CCN(C)C(C)C2)C1. The fourth-order valence-electron chi connectivity index (χ4n) is 3.27. The Morgan fingerprint density at radius 3 is 2.47 bits per heavy atom. The summed E-state index contributed by atoms with van der Waals surface area (Å²) in [6, 6.07) is 0.458. The molecule has 4 nitrogen and oxygen atoms in total. The zero-order chi connectivity index (χ0) is 12.6. The third-order valence-corrected chi connectivity index (χ3v) is 4.57. The van der Waals surface area contributed by atoms with Crippen molar-refractivity contribution < 1.29 is 4.79 Å². The fraction of sp³-hybridized carbons (Fsp3) is 0.923. The molecular weight excluding hydrogens is 214 g/mol. The molecule has 17 heavy (non-hydrogen) atoms. The van der Waals surface area contributed by atoms with Crippen LogP contribution in [0.15, 0.2) is 0 Å². The molecule has 0 aromatic heterocycles. The van der Waals surface area contributed by atoms with Crippen LogP contribution in [0.5, 0.6) is 0 Å². The zero-order valence-corrected chi connectivity index (χ0v) is 11.3. The van der Waals surface area contributed by atoms with Gasteiger partial charge in [-0.3, -0.25) is 4.79 Å². The van der Waals surface area contributed by atoms with Gasteiger partial charge in [0.05, 0.1) is 5.41 Å². The number of hydrogen-bond acceptors (Lipinski definition) is 3. The Morgan fingerprint density at radius 1 is 1.35 bits per heavy atom. The third kappa shape index (κ3) is 2.20. The number of carbonyl (C=O) groups excluding carboxylic acids is 1. The number of nitrogens with zero attached hydrogens (tertiary/aromatic N) is 2. The molecule has 0 aromatic rings. The van der Waals surface area contributed by atoms with E-state index in [0.717, 1.165) is 32.5 Å². The predicted molar refractivity (Wildman–Crippen MR) is 68.6 cm³/mol. The summed E-state index contributed by atoms with van der Waals surface area (Å²) in [7, 11) is 2.12. The lowest BCUT2D eigenvalue weighted by atomic mass is 9.61. The van der Waals surface area contributed by atoms with Crippen molar-refractivity contribution in [3.63, 3.8) is 0 Å². The van der Waals surface area contributed by atoms with Gasteiger partial charge in [-0.15, -0.1) is 0 Å². The first-order valence-electron chi connectivity index (χ1n) is 6.68. The fourth-order valence-corrected chi connectivity index (χ4v) is 3.27. The average molecular weight is 239 g/mol. The van der Waals surface area contributed by atoms with Crippen LogP contribution in [0.4, 0.5) is 0 Å². The van der Waals surface area contributed by atoms with Crippen LogP contribution in [-0.2, 0) is 4.79 Å². The first-order chi connectivity index (χ1) is 7.98. The van der Waals surface area contributed by atoms with E-state index in [4.69, 9.17) is 5.73 Å². The molecule has 0 bridgehead atoms. The van der Waals surface area contributed by atoms with Gasteiger partial charge in [-0.2, -0.15) is 0 Å². The molecule has 1 unspecified atom stereocenters. The molecular formula is C13H25N3O. The zero-order valence-electron chi connectivity index (χ0n) is 11.3. The van der Waals surface area contributed by atoms with E-state index in [-0.39, 0.29) is 5.41 Å². The standard InChI is InChI=1S/C13H25N3O/c1-10-6-13(7-10,9-14)12(17)16-5-4-15(3)11(2)8-16/h10-11H,4-9,14H2,1-3H3. The number of amides is 1. The molecule has 0 radical (unpaired) electrons. The Labute approximate surface area is 104 Å². The van der Waals surface area contributed by atoms with Gasteiger partial charge in [0.2, 0.25) is 5.91 Å². The van der Waals surface area contributed by atoms with E-state index >= 15 is 0 Å². The summed E-state index contributed by atoms with van der Waals surface area (Å²) in [6.45, 7) is 7.58. The minimum absolute atomic E-state index is 0.227. The van der Waals surface area contributed by atoms with Crippen LogP contribution >= 0.6 is 0 Å². The van der Waals surface area contributed by atoms with Crippen LogP contribution in [0.2, 0.25) is 0 Å². The molecule has 1 saturated heterocycles. The van der Waals surface area contributed by atoms with Gasteiger partial charge in [-0.05, 0) is 32.7 Å². The van der Waals surface area contributed by atoms with Crippen LogP contribution in [-0.4, -0.2) is 55.0 Å². The molecule has 1 aliphatic carbocycles. The van der Waals surface area contributed by atoms with E-state index in [1.165, 1.54) is 0 Å². The van der Waals surface area contributed by atoms with Crippen molar-refractivity contribution >= 4 is 5.91 Å². The van der Waals surface area contributed by atoms with Crippen molar-refractivity contribution in [3.8, 4) is 0 Å². The highest BCUT2D eigenvalue weighted by molar-refractivity contribution is 5.84. The Kier molecular flexibility index (Phi) is 3.46. The lowest BCUT2D eigenvalue weighted by Gasteiger charge is -2.49. The Bertz CT molecular complexity index is 299. The summed E-state index contributed by atoms with van der Waals surface area (Å²) in [4.78, 5) is 16.9.